The Bertz CT molecular complexity index is 703. The molecule has 4 rings (SSSR count). The van der Waals surface area contributed by atoms with Gasteiger partial charge in [0, 0.05) is 37.9 Å². The Morgan fingerprint density at radius 1 is 1.19 bits per heavy atom. The summed E-state index contributed by atoms with van der Waals surface area (Å²) in [4.78, 5) is 41.6. The van der Waals surface area contributed by atoms with Crippen molar-refractivity contribution in [3.63, 3.8) is 0 Å². The van der Waals surface area contributed by atoms with Gasteiger partial charge in [-0.3, -0.25) is 14.9 Å². The van der Waals surface area contributed by atoms with E-state index in [2.05, 4.69) is 26.4 Å². The van der Waals surface area contributed by atoms with E-state index < -0.39 is 18.0 Å². The lowest BCUT2D eigenvalue weighted by Gasteiger charge is -2.33. The Morgan fingerprint density at radius 2 is 1.96 bits per heavy atom. The van der Waals surface area contributed by atoms with E-state index in [9.17, 15) is 14.4 Å². The van der Waals surface area contributed by atoms with E-state index in [0.717, 1.165) is 31.1 Å². The van der Waals surface area contributed by atoms with E-state index in [0.29, 0.717) is 19.0 Å². The fourth-order valence-corrected chi connectivity index (χ4v) is 4.08. The molecule has 2 aliphatic heterocycles. The molecule has 0 bridgehead atoms. The van der Waals surface area contributed by atoms with Crippen LogP contribution in [-0.2, 0) is 16.1 Å². The van der Waals surface area contributed by atoms with Crippen LogP contribution in [0.15, 0.2) is 12.4 Å². The Labute approximate surface area is 152 Å². The number of carbonyl (C=O) groups excluding carboxylic acids is 3. The summed E-state index contributed by atoms with van der Waals surface area (Å²) in [6, 6.07) is -1.26. The maximum atomic E-state index is 12.4. The minimum Gasteiger partial charge on any atom is -0.343 e. The molecular weight excluding hydrogens is 334 g/mol. The van der Waals surface area contributed by atoms with Crippen molar-refractivity contribution in [2.75, 3.05) is 13.1 Å². The third-order valence-corrected chi connectivity index (χ3v) is 5.88. The van der Waals surface area contributed by atoms with E-state index >= 15 is 0 Å². The molecule has 2 N–H and O–H groups in total. The van der Waals surface area contributed by atoms with Gasteiger partial charge in [-0.15, -0.1) is 0 Å². The molecule has 3 heterocycles. The highest BCUT2D eigenvalue weighted by molar-refractivity contribution is 6.05. The molecule has 2 saturated heterocycles. The van der Waals surface area contributed by atoms with Gasteiger partial charge < -0.3 is 14.8 Å². The zero-order valence-electron chi connectivity index (χ0n) is 14.8. The van der Waals surface area contributed by atoms with Gasteiger partial charge in [0.1, 0.15) is 11.9 Å². The van der Waals surface area contributed by atoms with Crippen molar-refractivity contribution in [2.24, 2.45) is 5.92 Å². The number of piperidine rings is 1. The van der Waals surface area contributed by atoms with Crippen molar-refractivity contribution in [3.05, 3.63) is 18.2 Å². The van der Waals surface area contributed by atoms with Crippen LogP contribution in [0, 0.1) is 5.92 Å². The molecule has 3 fully saturated rings. The number of imide groups is 1. The lowest BCUT2D eigenvalue weighted by Crippen LogP contribution is -2.42. The first-order chi connectivity index (χ1) is 12.6. The standard InChI is InChI=1S/C18H25N5O3/c24-15(10-14-17(25)21-18(26)20-14)22-7-4-13(5-8-22)16-19-6-9-23(16)11-12-2-1-3-12/h6,9,12-14H,1-5,7-8,10-11H2,(H2,20,21,25,26). The molecule has 1 aromatic rings. The van der Waals surface area contributed by atoms with Crippen LogP contribution < -0.4 is 10.6 Å². The largest absolute Gasteiger partial charge is 0.343 e. The first-order valence-corrected chi connectivity index (χ1v) is 9.50. The Hall–Kier alpha value is -2.38. The van der Waals surface area contributed by atoms with Crippen molar-refractivity contribution < 1.29 is 14.4 Å². The van der Waals surface area contributed by atoms with Crippen LogP contribution in [0.1, 0.15) is 50.3 Å². The van der Waals surface area contributed by atoms with Crippen LogP contribution in [0.25, 0.3) is 0 Å². The van der Waals surface area contributed by atoms with E-state index in [-0.39, 0.29) is 12.3 Å². The van der Waals surface area contributed by atoms with Gasteiger partial charge in [0.15, 0.2) is 0 Å². The highest BCUT2D eigenvalue weighted by atomic mass is 16.2. The molecular formula is C18H25N5O3. The summed E-state index contributed by atoms with van der Waals surface area (Å²) in [5.41, 5.74) is 0. The average Bonchev–Trinajstić information content (AvgIpc) is 3.17. The van der Waals surface area contributed by atoms with Gasteiger partial charge in [-0.2, -0.15) is 0 Å². The number of hydrogen-bond donors (Lipinski definition) is 2. The molecule has 8 heteroatoms. The van der Waals surface area contributed by atoms with Crippen molar-refractivity contribution >= 4 is 17.8 Å². The highest BCUT2D eigenvalue weighted by Gasteiger charge is 2.34. The first kappa shape index (κ1) is 17.1. The van der Waals surface area contributed by atoms with Crippen molar-refractivity contribution in [1.29, 1.82) is 0 Å². The van der Waals surface area contributed by atoms with Gasteiger partial charge >= 0.3 is 6.03 Å². The second-order valence-electron chi connectivity index (χ2n) is 7.61. The minimum absolute atomic E-state index is 0.0263. The number of rotatable bonds is 5. The number of carbonyl (C=O) groups is 3. The fourth-order valence-electron chi connectivity index (χ4n) is 4.08. The molecule has 8 nitrogen and oxygen atoms in total. The number of urea groups is 1. The highest BCUT2D eigenvalue weighted by Crippen LogP contribution is 2.31. The zero-order valence-corrected chi connectivity index (χ0v) is 14.8. The average molecular weight is 359 g/mol. The number of nitrogens with one attached hydrogen (secondary N) is 2. The number of nitrogens with zero attached hydrogens (tertiary/aromatic N) is 3. The molecule has 1 atom stereocenters. The van der Waals surface area contributed by atoms with Crippen molar-refractivity contribution in [2.45, 2.75) is 57.0 Å². The topological polar surface area (TPSA) is 96.3 Å². The van der Waals surface area contributed by atoms with E-state index in [1.54, 1.807) is 4.90 Å². The molecule has 0 aromatic carbocycles. The maximum absolute atomic E-state index is 12.4. The number of imidazole rings is 1. The van der Waals surface area contributed by atoms with Gasteiger partial charge in [-0.1, -0.05) is 6.42 Å². The van der Waals surface area contributed by atoms with Crippen LogP contribution in [-0.4, -0.2) is 51.4 Å². The molecule has 4 amide bonds. The second-order valence-corrected chi connectivity index (χ2v) is 7.61. The number of likely N-dealkylation sites (tertiary alicyclic amines) is 1. The second kappa shape index (κ2) is 7.09. The van der Waals surface area contributed by atoms with Crippen molar-refractivity contribution in [3.8, 4) is 0 Å². The molecule has 140 valence electrons. The number of hydrogen-bond acceptors (Lipinski definition) is 4. The third kappa shape index (κ3) is 3.45. The summed E-state index contributed by atoms with van der Waals surface area (Å²) in [6.07, 6.45) is 9.73. The van der Waals surface area contributed by atoms with E-state index in [1.165, 1.54) is 19.3 Å². The van der Waals surface area contributed by atoms with E-state index in [1.807, 2.05) is 6.20 Å². The summed E-state index contributed by atoms with van der Waals surface area (Å²) in [6.45, 7) is 2.40. The predicted octanol–water partition coefficient (Wildman–Crippen LogP) is 0.987. The molecule has 1 aromatic heterocycles. The molecule has 1 saturated carbocycles. The van der Waals surface area contributed by atoms with E-state index in [4.69, 9.17) is 0 Å². The summed E-state index contributed by atoms with van der Waals surface area (Å²) >= 11 is 0. The van der Waals surface area contributed by atoms with Crippen LogP contribution in [0.4, 0.5) is 4.79 Å². The molecule has 0 radical (unpaired) electrons. The van der Waals surface area contributed by atoms with Gasteiger partial charge in [0.2, 0.25) is 5.91 Å². The maximum Gasteiger partial charge on any atom is 0.322 e. The molecule has 26 heavy (non-hydrogen) atoms. The normalized spacial score (nSPS) is 24.3. The lowest BCUT2D eigenvalue weighted by atomic mass is 9.85. The summed E-state index contributed by atoms with van der Waals surface area (Å²) < 4.78 is 2.30. The van der Waals surface area contributed by atoms with Crippen LogP contribution in [0.3, 0.4) is 0 Å². The van der Waals surface area contributed by atoms with Crippen LogP contribution in [0.2, 0.25) is 0 Å². The van der Waals surface area contributed by atoms with Gasteiger partial charge in [0.25, 0.3) is 5.91 Å². The van der Waals surface area contributed by atoms with Gasteiger partial charge in [0.05, 0.1) is 6.42 Å². The molecule has 3 aliphatic rings. The monoisotopic (exact) mass is 359 g/mol. The lowest BCUT2D eigenvalue weighted by molar-refractivity contribution is -0.134. The third-order valence-electron chi connectivity index (χ3n) is 5.88. The Balaban J connectivity index is 1.30. The zero-order chi connectivity index (χ0) is 18.1. The van der Waals surface area contributed by atoms with Crippen LogP contribution in [0.5, 0.6) is 0 Å². The first-order valence-electron chi connectivity index (χ1n) is 9.50. The number of aromatic nitrogens is 2. The van der Waals surface area contributed by atoms with Gasteiger partial charge in [-0.05, 0) is 31.6 Å². The fraction of sp³-hybridized carbons (Fsp3) is 0.667. The number of amides is 4. The summed E-state index contributed by atoms with van der Waals surface area (Å²) in [7, 11) is 0. The Kier molecular flexibility index (Phi) is 4.65. The minimum atomic E-state index is -0.742. The molecule has 1 aliphatic carbocycles. The predicted molar refractivity (Wildman–Crippen MR) is 93.2 cm³/mol. The Morgan fingerprint density at radius 3 is 2.58 bits per heavy atom. The van der Waals surface area contributed by atoms with Crippen LogP contribution >= 0.6 is 0 Å². The SMILES string of the molecule is O=C1NC(=O)C(CC(=O)N2CCC(c3nccn3CC3CCC3)CC2)N1. The van der Waals surface area contributed by atoms with Crippen molar-refractivity contribution in [1.82, 2.24) is 25.1 Å². The smallest absolute Gasteiger partial charge is 0.322 e. The van der Waals surface area contributed by atoms with Gasteiger partial charge in [-0.25, -0.2) is 9.78 Å². The molecule has 1 unspecified atom stereocenters. The summed E-state index contributed by atoms with van der Waals surface area (Å²) in [5, 5.41) is 4.64. The summed E-state index contributed by atoms with van der Waals surface area (Å²) in [5.74, 6) is 1.81. The molecule has 0 spiro atoms. The quantitative estimate of drug-likeness (QED) is 0.766.